The Morgan fingerprint density at radius 1 is 1.41 bits per heavy atom. The Morgan fingerprint density at radius 2 is 2.06 bits per heavy atom. The highest BCUT2D eigenvalue weighted by Crippen LogP contribution is 2.10. The summed E-state index contributed by atoms with van der Waals surface area (Å²) in [6, 6.07) is 7.11. The molecule has 0 atom stereocenters. The van der Waals surface area contributed by atoms with Crippen LogP contribution in [0.15, 0.2) is 24.3 Å². The molecule has 92 valence electrons. The molecule has 0 radical (unpaired) electrons. The fraction of sp³-hybridized carbons (Fsp3) is 0.273. The van der Waals surface area contributed by atoms with E-state index in [2.05, 4.69) is 11.8 Å². The lowest BCUT2D eigenvalue weighted by Gasteiger charge is -2.14. The van der Waals surface area contributed by atoms with Crippen molar-refractivity contribution in [1.29, 1.82) is 0 Å². The smallest absolute Gasteiger partial charge is 0.276 e. The van der Waals surface area contributed by atoms with Crippen LogP contribution in [0, 0.1) is 11.8 Å². The first-order chi connectivity index (χ1) is 7.95. The van der Waals surface area contributed by atoms with Gasteiger partial charge in [-0.05, 0) is 11.6 Å². The fourth-order valence-corrected chi connectivity index (χ4v) is 1.56. The summed E-state index contributed by atoms with van der Waals surface area (Å²) in [4.78, 5) is 0. The number of nitrogens with two attached hydrogens (primary N) is 1. The van der Waals surface area contributed by atoms with Gasteiger partial charge in [-0.3, -0.25) is 0 Å². The molecule has 0 aliphatic rings. The normalized spacial score (nSPS) is 11.1. The van der Waals surface area contributed by atoms with Gasteiger partial charge in [0.1, 0.15) is 6.61 Å². The third-order valence-electron chi connectivity index (χ3n) is 2.15. The van der Waals surface area contributed by atoms with Crippen molar-refractivity contribution in [3.8, 4) is 11.8 Å². The third kappa shape index (κ3) is 4.17. The molecule has 1 rings (SSSR count). The van der Waals surface area contributed by atoms with Gasteiger partial charge in [-0.1, -0.05) is 30.0 Å². The number of benzene rings is 1. The van der Waals surface area contributed by atoms with Gasteiger partial charge in [-0.25, -0.2) is 5.14 Å². The molecule has 0 saturated heterocycles. The van der Waals surface area contributed by atoms with E-state index < -0.39 is 10.2 Å². The molecule has 0 aromatic heterocycles. The predicted molar refractivity (Wildman–Crippen MR) is 65.0 cm³/mol. The first kappa shape index (κ1) is 13.7. The third-order valence-corrected chi connectivity index (χ3v) is 3.14. The standard InChI is InChI=1S/C11H14N2O3S/c1-13(17(12,15)16)9-11-6-3-2-5-10(11)7-4-8-14/h2-3,5-6,14H,8-9H2,1H3,(H2,12,15,16). The molecule has 0 bridgehead atoms. The summed E-state index contributed by atoms with van der Waals surface area (Å²) < 4.78 is 23.2. The molecule has 0 saturated carbocycles. The zero-order chi connectivity index (χ0) is 12.9. The summed E-state index contributed by atoms with van der Waals surface area (Å²) in [7, 11) is -2.31. The highest BCUT2D eigenvalue weighted by Gasteiger charge is 2.13. The number of nitrogens with zero attached hydrogens (tertiary/aromatic N) is 1. The van der Waals surface area contributed by atoms with E-state index in [0.717, 1.165) is 9.87 Å². The van der Waals surface area contributed by atoms with Crippen LogP contribution in [0.5, 0.6) is 0 Å². The van der Waals surface area contributed by atoms with E-state index in [1.165, 1.54) is 7.05 Å². The summed E-state index contributed by atoms with van der Waals surface area (Å²) in [5.74, 6) is 5.28. The average molecular weight is 254 g/mol. The predicted octanol–water partition coefficient (Wildman–Crippen LogP) is -0.334. The molecule has 0 aliphatic carbocycles. The second-order valence-electron chi connectivity index (χ2n) is 3.42. The van der Waals surface area contributed by atoms with Gasteiger partial charge in [0.05, 0.1) is 0 Å². The molecule has 1 aromatic rings. The lowest BCUT2D eigenvalue weighted by atomic mass is 10.1. The number of hydrogen-bond donors (Lipinski definition) is 2. The van der Waals surface area contributed by atoms with Crippen LogP contribution >= 0.6 is 0 Å². The Labute approximate surface area is 101 Å². The van der Waals surface area contributed by atoms with Gasteiger partial charge in [-0.2, -0.15) is 12.7 Å². The summed E-state index contributed by atoms with van der Waals surface area (Å²) in [6.45, 7) is -0.0888. The second kappa shape index (κ2) is 5.80. The van der Waals surface area contributed by atoms with Crippen LogP contribution in [0.1, 0.15) is 11.1 Å². The molecule has 0 aliphatic heterocycles. The molecule has 1 aromatic carbocycles. The minimum atomic E-state index is -3.70. The highest BCUT2D eigenvalue weighted by molar-refractivity contribution is 7.86. The zero-order valence-electron chi connectivity index (χ0n) is 9.42. The Kier molecular flexibility index (Phi) is 4.66. The highest BCUT2D eigenvalue weighted by atomic mass is 32.2. The lowest BCUT2D eigenvalue weighted by molar-refractivity contribution is 0.350. The summed E-state index contributed by atoms with van der Waals surface area (Å²) in [5.41, 5.74) is 1.42. The topological polar surface area (TPSA) is 83.6 Å². The second-order valence-corrected chi connectivity index (χ2v) is 5.07. The molecular formula is C11H14N2O3S. The fourth-order valence-electron chi connectivity index (χ4n) is 1.24. The maximum Gasteiger partial charge on any atom is 0.276 e. The van der Waals surface area contributed by atoms with Crippen LogP contribution in [0.25, 0.3) is 0 Å². The van der Waals surface area contributed by atoms with Crippen molar-refractivity contribution in [2.45, 2.75) is 6.54 Å². The SMILES string of the molecule is CN(Cc1ccccc1C#CCO)S(N)(=O)=O. The minimum absolute atomic E-state index is 0.148. The van der Waals surface area contributed by atoms with E-state index in [-0.39, 0.29) is 13.2 Å². The Bertz CT molecular complexity index is 543. The van der Waals surface area contributed by atoms with Crippen molar-refractivity contribution < 1.29 is 13.5 Å². The van der Waals surface area contributed by atoms with Crippen molar-refractivity contribution in [2.75, 3.05) is 13.7 Å². The van der Waals surface area contributed by atoms with Crippen molar-refractivity contribution in [3.63, 3.8) is 0 Å². The van der Waals surface area contributed by atoms with Crippen LogP contribution in [-0.4, -0.2) is 31.5 Å². The largest absolute Gasteiger partial charge is 0.384 e. The molecule has 0 unspecified atom stereocenters. The molecule has 5 nitrogen and oxygen atoms in total. The molecule has 0 amide bonds. The summed E-state index contributed by atoms with van der Waals surface area (Å²) >= 11 is 0. The number of hydrogen-bond acceptors (Lipinski definition) is 3. The van der Waals surface area contributed by atoms with Crippen LogP contribution in [0.4, 0.5) is 0 Å². The zero-order valence-corrected chi connectivity index (χ0v) is 10.2. The van der Waals surface area contributed by atoms with Crippen molar-refractivity contribution in [3.05, 3.63) is 35.4 Å². The number of rotatable bonds is 3. The quantitative estimate of drug-likeness (QED) is 0.724. The van der Waals surface area contributed by atoms with Crippen molar-refractivity contribution in [2.24, 2.45) is 5.14 Å². The van der Waals surface area contributed by atoms with Gasteiger partial charge in [0.2, 0.25) is 0 Å². The summed E-state index contributed by atoms with van der Waals surface area (Å²) in [5, 5.41) is 13.6. The molecule has 0 spiro atoms. The Morgan fingerprint density at radius 3 is 2.65 bits per heavy atom. The van der Waals surface area contributed by atoms with Gasteiger partial charge in [-0.15, -0.1) is 0 Å². The molecule has 0 fully saturated rings. The van der Waals surface area contributed by atoms with E-state index in [0.29, 0.717) is 5.56 Å². The van der Waals surface area contributed by atoms with Gasteiger partial charge in [0.25, 0.3) is 10.2 Å². The molecule has 0 heterocycles. The maximum atomic E-state index is 11.1. The Hall–Kier alpha value is -1.39. The molecular weight excluding hydrogens is 240 g/mol. The number of aliphatic hydroxyl groups excluding tert-OH is 1. The minimum Gasteiger partial charge on any atom is -0.384 e. The van der Waals surface area contributed by atoms with E-state index in [1.807, 2.05) is 0 Å². The first-order valence-corrected chi connectivity index (χ1v) is 6.37. The first-order valence-electron chi connectivity index (χ1n) is 4.87. The van der Waals surface area contributed by atoms with E-state index in [1.54, 1.807) is 24.3 Å². The van der Waals surface area contributed by atoms with Crippen molar-refractivity contribution >= 4 is 10.2 Å². The molecule has 17 heavy (non-hydrogen) atoms. The monoisotopic (exact) mass is 254 g/mol. The maximum absolute atomic E-state index is 11.1. The van der Waals surface area contributed by atoms with E-state index in [9.17, 15) is 8.42 Å². The van der Waals surface area contributed by atoms with Gasteiger partial charge < -0.3 is 5.11 Å². The van der Waals surface area contributed by atoms with Gasteiger partial charge in [0.15, 0.2) is 0 Å². The van der Waals surface area contributed by atoms with Crippen LogP contribution in [0.2, 0.25) is 0 Å². The van der Waals surface area contributed by atoms with Crippen LogP contribution < -0.4 is 5.14 Å². The summed E-state index contributed by atoms with van der Waals surface area (Å²) in [6.07, 6.45) is 0. The van der Waals surface area contributed by atoms with E-state index in [4.69, 9.17) is 10.2 Å². The van der Waals surface area contributed by atoms with Crippen LogP contribution in [0.3, 0.4) is 0 Å². The molecule has 6 heteroatoms. The van der Waals surface area contributed by atoms with E-state index >= 15 is 0 Å². The average Bonchev–Trinajstić information content (AvgIpc) is 2.26. The lowest BCUT2D eigenvalue weighted by Crippen LogP contribution is -2.32. The Balaban J connectivity index is 2.99. The van der Waals surface area contributed by atoms with Crippen LogP contribution in [-0.2, 0) is 16.8 Å². The number of aliphatic hydroxyl groups is 1. The van der Waals surface area contributed by atoms with Gasteiger partial charge >= 0.3 is 0 Å². The van der Waals surface area contributed by atoms with Gasteiger partial charge in [0, 0.05) is 19.2 Å². The molecule has 3 N–H and O–H groups in total. The van der Waals surface area contributed by atoms with Crippen molar-refractivity contribution in [1.82, 2.24) is 4.31 Å².